The normalized spacial score (nSPS) is 18.4. The van der Waals surface area contributed by atoms with Crippen LogP contribution in [0.5, 0.6) is 0 Å². The molecule has 2 fully saturated rings. The molecule has 2 aliphatic heterocycles. The molecule has 3 heterocycles. The van der Waals surface area contributed by atoms with Gasteiger partial charge in [-0.1, -0.05) is 0 Å². The van der Waals surface area contributed by atoms with E-state index in [0.717, 1.165) is 51.9 Å². The van der Waals surface area contributed by atoms with E-state index in [2.05, 4.69) is 15.2 Å². The second kappa shape index (κ2) is 9.64. The quantitative estimate of drug-likeness (QED) is 0.693. The molecule has 8 nitrogen and oxygen atoms in total. The molecule has 30 heavy (non-hydrogen) atoms. The highest BCUT2D eigenvalue weighted by molar-refractivity contribution is 6.01. The first-order valence-electron chi connectivity index (χ1n) is 10.9. The summed E-state index contributed by atoms with van der Waals surface area (Å²) in [6.07, 6.45) is 5.20. The fraction of sp³-hybridized carbons (Fsp3) is 0.682. The van der Waals surface area contributed by atoms with E-state index in [1.807, 2.05) is 25.7 Å². The van der Waals surface area contributed by atoms with E-state index in [9.17, 15) is 14.4 Å². The third kappa shape index (κ3) is 6.32. The van der Waals surface area contributed by atoms with Gasteiger partial charge in [0, 0.05) is 31.4 Å². The summed E-state index contributed by atoms with van der Waals surface area (Å²) in [7, 11) is 0. The van der Waals surface area contributed by atoms with Crippen LogP contribution in [-0.2, 0) is 4.74 Å². The summed E-state index contributed by atoms with van der Waals surface area (Å²) in [5, 5.41) is 2.84. The van der Waals surface area contributed by atoms with E-state index >= 15 is 0 Å². The van der Waals surface area contributed by atoms with Crippen molar-refractivity contribution in [3.8, 4) is 0 Å². The summed E-state index contributed by atoms with van der Waals surface area (Å²) in [5.41, 5.74) is 0.559. The lowest BCUT2D eigenvalue weighted by molar-refractivity contribution is 0.0510. The zero-order chi connectivity index (χ0) is 21.7. The zero-order valence-electron chi connectivity index (χ0n) is 18.3. The van der Waals surface area contributed by atoms with Gasteiger partial charge < -0.3 is 19.9 Å². The minimum atomic E-state index is -0.495. The number of ketones is 1. The highest BCUT2D eigenvalue weighted by Crippen LogP contribution is 2.18. The van der Waals surface area contributed by atoms with Crippen LogP contribution in [0.2, 0.25) is 0 Å². The topological polar surface area (TPSA) is 94.7 Å². The lowest BCUT2D eigenvalue weighted by Crippen LogP contribution is -2.41. The number of aromatic amines is 1. The molecule has 2 saturated heterocycles. The van der Waals surface area contributed by atoms with Gasteiger partial charge in [-0.05, 0) is 71.5 Å². The number of hydrogen-bond acceptors (Lipinski definition) is 5. The van der Waals surface area contributed by atoms with Crippen molar-refractivity contribution < 1.29 is 19.1 Å². The maximum Gasteiger partial charge on any atom is 0.407 e. The van der Waals surface area contributed by atoms with Crippen LogP contribution >= 0.6 is 0 Å². The van der Waals surface area contributed by atoms with Crippen LogP contribution in [-0.4, -0.2) is 77.4 Å². The number of aromatic nitrogens is 1. The number of piperidine rings is 1. The SMILES string of the molecule is CC(C)(C)OC(=O)NCC1CCN(CC(=O)c2c[nH]c(C(=O)N3CCCC3)c2)CC1. The van der Waals surface area contributed by atoms with Gasteiger partial charge in [0.1, 0.15) is 11.3 Å². The number of hydrogen-bond donors (Lipinski definition) is 2. The number of rotatable bonds is 6. The molecule has 0 unspecified atom stereocenters. The molecular formula is C22H34N4O4. The van der Waals surface area contributed by atoms with Crippen LogP contribution in [0.25, 0.3) is 0 Å². The molecule has 0 radical (unpaired) electrons. The molecular weight excluding hydrogens is 384 g/mol. The van der Waals surface area contributed by atoms with Crippen LogP contribution in [0.15, 0.2) is 12.3 Å². The molecule has 2 amide bonds. The number of ether oxygens (including phenoxy) is 1. The molecule has 0 saturated carbocycles. The summed E-state index contributed by atoms with van der Waals surface area (Å²) < 4.78 is 5.27. The Morgan fingerprint density at radius 3 is 2.43 bits per heavy atom. The third-order valence-electron chi connectivity index (χ3n) is 5.64. The molecule has 0 aliphatic carbocycles. The molecule has 0 spiro atoms. The summed E-state index contributed by atoms with van der Waals surface area (Å²) >= 11 is 0. The second-order valence-corrected chi connectivity index (χ2v) is 9.33. The average Bonchev–Trinajstić information content (AvgIpc) is 3.38. The fourth-order valence-corrected chi connectivity index (χ4v) is 3.95. The molecule has 2 N–H and O–H groups in total. The van der Waals surface area contributed by atoms with E-state index in [-0.39, 0.29) is 17.8 Å². The highest BCUT2D eigenvalue weighted by Gasteiger charge is 2.25. The van der Waals surface area contributed by atoms with Crippen LogP contribution < -0.4 is 5.32 Å². The number of H-pyrrole nitrogens is 1. The number of amides is 2. The van der Waals surface area contributed by atoms with Crippen LogP contribution in [0.3, 0.4) is 0 Å². The molecule has 1 aromatic rings. The Balaban J connectivity index is 1.40. The zero-order valence-corrected chi connectivity index (χ0v) is 18.3. The summed E-state index contributed by atoms with van der Waals surface area (Å²) in [4.78, 5) is 43.8. The Bertz CT molecular complexity index is 753. The van der Waals surface area contributed by atoms with Crippen LogP contribution in [0.4, 0.5) is 4.79 Å². The first-order valence-corrected chi connectivity index (χ1v) is 10.9. The van der Waals surface area contributed by atoms with E-state index in [1.165, 1.54) is 0 Å². The van der Waals surface area contributed by atoms with E-state index in [4.69, 9.17) is 4.74 Å². The van der Waals surface area contributed by atoms with Gasteiger partial charge in [0.05, 0.1) is 6.54 Å². The molecule has 0 atom stereocenters. The Hall–Kier alpha value is -2.35. The van der Waals surface area contributed by atoms with E-state index in [1.54, 1.807) is 12.3 Å². The van der Waals surface area contributed by atoms with Gasteiger partial charge in [-0.15, -0.1) is 0 Å². The molecule has 166 valence electrons. The fourth-order valence-electron chi connectivity index (χ4n) is 3.95. The summed E-state index contributed by atoms with van der Waals surface area (Å²) in [6, 6.07) is 1.68. The first-order chi connectivity index (χ1) is 14.2. The summed E-state index contributed by atoms with van der Waals surface area (Å²) in [6.45, 7) is 9.69. The van der Waals surface area contributed by atoms with Crippen molar-refractivity contribution >= 4 is 17.8 Å². The van der Waals surface area contributed by atoms with Crippen molar-refractivity contribution in [2.45, 2.75) is 52.1 Å². The van der Waals surface area contributed by atoms with Gasteiger partial charge in [-0.3, -0.25) is 14.5 Å². The number of likely N-dealkylation sites (tertiary alicyclic amines) is 2. The number of nitrogens with zero attached hydrogens (tertiary/aromatic N) is 2. The minimum absolute atomic E-state index is 0.0233. The van der Waals surface area contributed by atoms with Crippen molar-refractivity contribution in [1.29, 1.82) is 0 Å². The maximum absolute atomic E-state index is 12.6. The highest BCUT2D eigenvalue weighted by atomic mass is 16.6. The van der Waals surface area contributed by atoms with Crippen molar-refractivity contribution in [1.82, 2.24) is 20.1 Å². The molecule has 2 aliphatic rings. The molecule has 8 heteroatoms. The van der Waals surface area contributed by atoms with Crippen molar-refractivity contribution in [3.63, 3.8) is 0 Å². The molecule has 0 bridgehead atoms. The van der Waals surface area contributed by atoms with Gasteiger partial charge in [-0.2, -0.15) is 0 Å². The Labute approximate surface area is 178 Å². The van der Waals surface area contributed by atoms with Crippen LogP contribution in [0.1, 0.15) is 67.3 Å². The minimum Gasteiger partial charge on any atom is -0.444 e. The van der Waals surface area contributed by atoms with Crippen LogP contribution in [0, 0.1) is 5.92 Å². The van der Waals surface area contributed by atoms with Crippen molar-refractivity contribution in [2.75, 3.05) is 39.3 Å². The number of alkyl carbamates (subject to hydrolysis) is 1. The second-order valence-electron chi connectivity index (χ2n) is 9.33. The molecule has 1 aromatic heterocycles. The van der Waals surface area contributed by atoms with Gasteiger partial charge in [0.15, 0.2) is 5.78 Å². The number of nitrogens with one attached hydrogen (secondary N) is 2. The largest absolute Gasteiger partial charge is 0.444 e. The third-order valence-corrected chi connectivity index (χ3v) is 5.64. The Kier molecular flexibility index (Phi) is 7.18. The molecule has 0 aromatic carbocycles. The maximum atomic E-state index is 12.6. The van der Waals surface area contributed by atoms with Gasteiger partial charge >= 0.3 is 6.09 Å². The smallest absolute Gasteiger partial charge is 0.407 e. The predicted octanol–water partition coefficient (Wildman–Crippen LogP) is 2.67. The number of carbonyl (C=O) groups excluding carboxylic acids is 3. The van der Waals surface area contributed by atoms with E-state index in [0.29, 0.717) is 30.3 Å². The Morgan fingerprint density at radius 2 is 1.80 bits per heavy atom. The standard InChI is InChI=1S/C22H34N4O4/c1-22(2,3)30-21(29)24-13-16-6-10-25(11-7-16)15-19(27)17-12-18(23-14-17)20(28)26-8-4-5-9-26/h12,14,16,23H,4-11,13,15H2,1-3H3,(H,24,29). The summed E-state index contributed by atoms with van der Waals surface area (Å²) in [5.74, 6) is 0.391. The van der Waals surface area contributed by atoms with Gasteiger partial charge in [-0.25, -0.2) is 4.79 Å². The van der Waals surface area contributed by atoms with Gasteiger partial charge in [0.25, 0.3) is 5.91 Å². The van der Waals surface area contributed by atoms with Crippen molar-refractivity contribution in [3.05, 3.63) is 23.5 Å². The Morgan fingerprint density at radius 1 is 1.13 bits per heavy atom. The predicted molar refractivity (Wildman–Crippen MR) is 114 cm³/mol. The average molecular weight is 419 g/mol. The lowest BCUT2D eigenvalue weighted by atomic mass is 9.96. The number of Topliss-reactive ketones (excluding diaryl/α,β-unsaturated/α-hetero) is 1. The molecule has 3 rings (SSSR count). The van der Waals surface area contributed by atoms with E-state index < -0.39 is 5.60 Å². The van der Waals surface area contributed by atoms with Crippen molar-refractivity contribution in [2.24, 2.45) is 5.92 Å². The lowest BCUT2D eigenvalue weighted by Gasteiger charge is -2.31. The number of carbonyl (C=O) groups is 3. The first kappa shape index (κ1) is 22.3. The monoisotopic (exact) mass is 418 g/mol. The van der Waals surface area contributed by atoms with Gasteiger partial charge in [0.2, 0.25) is 0 Å².